The van der Waals surface area contributed by atoms with E-state index < -0.39 is 0 Å². The number of aromatic nitrogens is 1. The Morgan fingerprint density at radius 3 is 3.17 bits per heavy atom. The van der Waals surface area contributed by atoms with E-state index in [9.17, 15) is 4.79 Å². The molecule has 2 aromatic rings. The number of ketones is 1. The smallest absolute Gasteiger partial charge is 0.140 e. The van der Waals surface area contributed by atoms with Crippen molar-refractivity contribution in [1.29, 1.82) is 0 Å². The number of rotatable bonds is 4. The van der Waals surface area contributed by atoms with Gasteiger partial charge in [0.05, 0.1) is 11.4 Å². The van der Waals surface area contributed by atoms with Crippen molar-refractivity contribution in [2.24, 2.45) is 0 Å². The normalized spacial score (nSPS) is 17.2. The predicted octanol–water partition coefficient (Wildman–Crippen LogP) is 2.85. The average molecular weight is 258 g/mol. The minimum Gasteiger partial charge on any atom is -0.384 e. The number of benzene rings is 1. The summed E-state index contributed by atoms with van der Waals surface area (Å²) in [6, 6.07) is 8.23. The second kappa shape index (κ2) is 4.90. The van der Waals surface area contributed by atoms with Crippen LogP contribution in [0.1, 0.15) is 22.9 Å². The highest BCUT2D eigenvalue weighted by molar-refractivity contribution is 7.09. The number of thiazole rings is 1. The summed E-state index contributed by atoms with van der Waals surface area (Å²) in [6.07, 6.45) is 2.82. The van der Waals surface area contributed by atoms with Crippen molar-refractivity contribution < 1.29 is 4.79 Å². The van der Waals surface area contributed by atoms with Crippen LogP contribution in [0.5, 0.6) is 0 Å². The van der Waals surface area contributed by atoms with Crippen LogP contribution >= 0.6 is 11.3 Å². The lowest BCUT2D eigenvalue weighted by Gasteiger charge is -2.08. The summed E-state index contributed by atoms with van der Waals surface area (Å²) in [6.45, 7) is 0.864. The van der Waals surface area contributed by atoms with Gasteiger partial charge in [-0.2, -0.15) is 0 Å². The maximum absolute atomic E-state index is 12.0. The molecule has 1 unspecified atom stereocenters. The van der Waals surface area contributed by atoms with Crippen molar-refractivity contribution in [2.75, 3.05) is 11.9 Å². The number of fused-ring (bicyclic) bond motifs is 1. The van der Waals surface area contributed by atoms with Crippen LogP contribution in [0.15, 0.2) is 35.8 Å². The first-order valence-electron chi connectivity index (χ1n) is 6.06. The van der Waals surface area contributed by atoms with Crippen molar-refractivity contribution >= 4 is 22.8 Å². The van der Waals surface area contributed by atoms with Gasteiger partial charge in [-0.3, -0.25) is 4.79 Å². The van der Waals surface area contributed by atoms with Gasteiger partial charge in [0.25, 0.3) is 0 Å². The minimum absolute atomic E-state index is 0.272. The van der Waals surface area contributed by atoms with Crippen molar-refractivity contribution in [3.05, 3.63) is 46.4 Å². The summed E-state index contributed by atoms with van der Waals surface area (Å²) in [7, 11) is 0. The number of anilines is 1. The maximum atomic E-state index is 12.0. The van der Waals surface area contributed by atoms with E-state index in [1.807, 2.05) is 17.5 Å². The molecule has 0 saturated heterocycles. The van der Waals surface area contributed by atoms with Crippen LogP contribution in [-0.2, 0) is 11.2 Å². The Morgan fingerprint density at radius 2 is 2.33 bits per heavy atom. The summed E-state index contributed by atoms with van der Waals surface area (Å²) < 4.78 is 0. The lowest BCUT2D eigenvalue weighted by molar-refractivity contribution is -0.118. The van der Waals surface area contributed by atoms with Gasteiger partial charge in [0.2, 0.25) is 0 Å². The Bertz CT molecular complexity index is 551. The van der Waals surface area contributed by atoms with Crippen LogP contribution in [-0.4, -0.2) is 17.3 Å². The topological polar surface area (TPSA) is 42.0 Å². The van der Waals surface area contributed by atoms with Gasteiger partial charge < -0.3 is 5.32 Å². The van der Waals surface area contributed by atoms with E-state index in [2.05, 4.69) is 22.4 Å². The molecule has 0 aliphatic carbocycles. The molecule has 0 saturated carbocycles. The van der Waals surface area contributed by atoms with Gasteiger partial charge in [-0.05, 0) is 11.6 Å². The van der Waals surface area contributed by atoms with Gasteiger partial charge in [-0.1, -0.05) is 18.2 Å². The molecule has 0 radical (unpaired) electrons. The quantitative estimate of drug-likeness (QED) is 0.917. The highest BCUT2D eigenvalue weighted by Gasteiger charge is 2.24. The van der Waals surface area contributed by atoms with E-state index in [0.29, 0.717) is 18.8 Å². The first-order valence-corrected chi connectivity index (χ1v) is 6.94. The largest absolute Gasteiger partial charge is 0.384 e. The van der Waals surface area contributed by atoms with Crippen LogP contribution in [0.3, 0.4) is 0 Å². The number of hydrogen-bond donors (Lipinski definition) is 1. The number of nitrogens with zero attached hydrogens (tertiary/aromatic N) is 1. The van der Waals surface area contributed by atoms with E-state index in [4.69, 9.17) is 0 Å². The summed E-state index contributed by atoms with van der Waals surface area (Å²) in [5.74, 6) is 0.585. The fourth-order valence-electron chi connectivity index (χ4n) is 2.40. The molecule has 1 atom stereocenters. The summed E-state index contributed by atoms with van der Waals surface area (Å²) in [4.78, 5) is 16.2. The number of carbonyl (C=O) groups excluding carboxylic acids is 1. The van der Waals surface area contributed by atoms with Crippen molar-refractivity contribution in [3.63, 3.8) is 0 Å². The molecular weight excluding hydrogens is 244 g/mol. The molecule has 1 aromatic heterocycles. The van der Waals surface area contributed by atoms with E-state index >= 15 is 0 Å². The van der Waals surface area contributed by atoms with Crippen LogP contribution < -0.4 is 5.32 Å². The van der Waals surface area contributed by atoms with Gasteiger partial charge >= 0.3 is 0 Å². The standard InChI is InChI=1S/C14H14N2OS/c17-11(8-14-15-5-6-18-14)7-10-9-16-13-4-2-1-3-12(10)13/h1-6,10,16H,7-9H2. The second-order valence-electron chi connectivity index (χ2n) is 4.51. The third-order valence-corrected chi connectivity index (χ3v) is 4.03. The Balaban J connectivity index is 1.66. The molecule has 1 aromatic carbocycles. The molecule has 0 spiro atoms. The second-order valence-corrected chi connectivity index (χ2v) is 5.49. The average Bonchev–Trinajstić information content (AvgIpc) is 3.00. The molecule has 92 valence electrons. The molecule has 3 nitrogen and oxygen atoms in total. The van der Waals surface area contributed by atoms with E-state index in [0.717, 1.165) is 11.6 Å². The molecule has 2 heterocycles. The number of para-hydroxylation sites is 1. The highest BCUT2D eigenvalue weighted by atomic mass is 32.1. The third-order valence-electron chi connectivity index (χ3n) is 3.25. The van der Waals surface area contributed by atoms with Gasteiger partial charge in [0.1, 0.15) is 5.78 Å². The van der Waals surface area contributed by atoms with Crippen molar-refractivity contribution in [3.8, 4) is 0 Å². The minimum atomic E-state index is 0.272. The molecule has 1 aliphatic rings. The Morgan fingerprint density at radius 1 is 1.44 bits per heavy atom. The molecule has 3 rings (SSSR count). The molecule has 1 N–H and O–H groups in total. The SMILES string of the molecule is O=C(Cc1nccs1)CC1CNc2ccccc21. The fraction of sp³-hybridized carbons (Fsp3) is 0.286. The van der Waals surface area contributed by atoms with Crippen LogP contribution in [0.4, 0.5) is 5.69 Å². The first-order chi connectivity index (χ1) is 8.83. The van der Waals surface area contributed by atoms with E-state index in [1.165, 1.54) is 11.3 Å². The van der Waals surface area contributed by atoms with Crippen LogP contribution in [0.2, 0.25) is 0 Å². The number of carbonyl (C=O) groups is 1. The van der Waals surface area contributed by atoms with E-state index in [-0.39, 0.29) is 5.78 Å². The van der Waals surface area contributed by atoms with Gasteiger partial charge in [-0.25, -0.2) is 4.98 Å². The Hall–Kier alpha value is -1.68. The maximum Gasteiger partial charge on any atom is 0.140 e. The van der Waals surface area contributed by atoms with Gasteiger partial charge in [0, 0.05) is 36.1 Å². The van der Waals surface area contributed by atoms with Crippen LogP contribution in [0, 0.1) is 0 Å². The van der Waals surface area contributed by atoms with Crippen molar-refractivity contribution in [2.45, 2.75) is 18.8 Å². The summed E-state index contributed by atoms with van der Waals surface area (Å²) in [5, 5.41) is 6.18. The monoisotopic (exact) mass is 258 g/mol. The molecule has 18 heavy (non-hydrogen) atoms. The molecule has 0 amide bonds. The van der Waals surface area contributed by atoms with Gasteiger partial charge in [0.15, 0.2) is 0 Å². The lowest BCUT2D eigenvalue weighted by Crippen LogP contribution is -2.11. The predicted molar refractivity (Wildman–Crippen MR) is 73.1 cm³/mol. The summed E-state index contributed by atoms with van der Waals surface area (Å²) in [5.41, 5.74) is 2.44. The zero-order valence-electron chi connectivity index (χ0n) is 9.93. The Labute approximate surface area is 110 Å². The zero-order chi connectivity index (χ0) is 12.4. The zero-order valence-corrected chi connectivity index (χ0v) is 10.7. The summed E-state index contributed by atoms with van der Waals surface area (Å²) >= 11 is 1.55. The van der Waals surface area contributed by atoms with Crippen LogP contribution in [0.25, 0.3) is 0 Å². The molecule has 0 fully saturated rings. The number of Topliss-reactive ketones (excluding diaryl/α,β-unsaturated/α-hetero) is 1. The number of nitrogens with one attached hydrogen (secondary N) is 1. The third kappa shape index (κ3) is 2.29. The van der Waals surface area contributed by atoms with Crippen molar-refractivity contribution in [1.82, 2.24) is 4.98 Å². The van der Waals surface area contributed by atoms with E-state index in [1.54, 1.807) is 17.5 Å². The Kier molecular flexibility index (Phi) is 3.11. The molecular formula is C14H14N2OS. The number of hydrogen-bond acceptors (Lipinski definition) is 4. The first kappa shape index (κ1) is 11.4. The molecule has 1 aliphatic heterocycles. The highest BCUT2D eigenvalue weighted by Crippen LogP contribution is 2.33. The molecule has 0 bridgehead atoms. The lowest BCUT2D eigenvalue weighted by atomic mass is 9.95. The fourth-order valence-corrected chi connectivity index (χ4v) is 3.04. The van der Waals surface area contributed by atoms with Gasteiger partial charge in [-0.15, -0.1) is 11.3 Å². The molecule has 4 heteroatoms.